The smallest absolute Gasteiger partial charge is 0.251 e. The van der Waals surface area contributed by atoms with Crippen molar-refractivity contribution in [3.05, 3.63) is 0 Å². The van der Waals surface area contributed by atoms with E-state index in [0.29, 0.717) is 25.0 Å². The maximum Gasteiger partial charge on any atom is 0.251 e. The van der Waals surface area contributed by atoms with Crippen LogP contribution in [-0.4, -0.2) is 55.3 Å². The quantitative estimate of drug-likeness (QED) is 0.687. The first kappa shape index (κ1) is 17.1. The number of nitrogens with one attached hydrogen (secondary N) is 1. The standard InChI is InChI=1S/C16H30F2N2O/c1-13-3-2-6-16(9-13,11-19-14-4-5-14)12-20(7-8-21)10-15(17)18/h13-15,19,21H,2-12H2,1H3. The molecule has 2 N–H and O–H groups in total. The van der Waals surface area contributed by atoms with Crippen molar-refractivity contribution in [2.24, 2.45) is 11.3 Å². The average Bonchev–Trinajstić information content (AvgIpc) is 3.20. The van der Waals surface area contributed by atoms with E-state index in [1.807, 2.05) is 0 Å². The molecule has 2 fully saturated rings. The predicted molar refractivity (Wildman–Crippen MR) is 80.6 cm³/mol. The van der Waals surface area contributed by atoms with Gasteiger partial charge in [0.2, 0.25) is 0 Å². The van der Waals surface area contributed by atoms with E-state index in [1.54, 1.807) is 4.90 Å². The van der Waals surface area contributed by atoms with Gasteiger partial charge < -0.3 is 10.4 Å². The third-order valence-corrected chi connectivity index (χ3v) is 4.90. The lowest BCUT2D eigenvalue weighted by atomic mass is 9.69. The lowest BCUT2D eigenvalue weighted by molar-refractivity contribution is 0.0292. The summed E-state index contributed by atoms with van der Waals surface area (Å²) in [6, 6.07) is 0.653. The molecule has 0 aromatic heterocycles. The summed E-state index contributed by atoms with van der Waals surface area (Å²) in [5.41, 5.74) is 0.102. The van der Waals surface area contributed by atoms with E-state index in [4.69, 9.17) is 5.11 Å². The summed E-state index contributed by atoms with van der Waals surface area (Å²) >= 11 is 0. The maximum atomic E-state index is 12.7. The van der Waals surface area contributed by atoms with Gasteiger partial charge in [0.15, 0.2) is 0 Å². The third-order valence-electron chi connectivity index (χ3n) is 4.90. The first-order chi connectivity index (χ1) is 10.0. The largest absolute Gasteiger partial charge is 0.395 e. The van der Waals surface area contributed by atoms with Crippen LogP contribution in [0.3, 0.4) is 0 Å². The third kappa shape index (κ3) is 5.80. The lowest BCUT2D eigenvalue weighted by Crippen LogP contribution is -2.48. The van der Waals surface area contributed by atoms with Crippen molar-refractivity contribution < 1.29 is 13.9 Å². The van der Waals surface area contributed by atoms with E-state index in [2.05, 4.69) is 12.2 Å². The highest BCUT2D eigenvalue weighted by Crippen LogP contribution is 2.40. The van der Waals surface area contributed by atoms with Crippen LogP contribution in [0, 0.1) is 11.3 Å². The fourth-order valence-electron chi connectivity index (χ4n) is 3.82. The molecule has 0 radical (unpaired) electrons. The van der Waals surface area contributed by atoms with Gasteiger partial charge in [0.05, 0.1) is 13.2 Å². The molecule has 5 heteroatoms. The number of rotatable bonds is 9. The fraction of sp³-hybridized carbons (Fsp3) is 1.00. The molecule has 0 heterocycles. The Morgan fingerprint density at radius 1 is 1.33 bits per heavy atom. The molecule has 0 amide bonds. The molecule has 2 rings (SSSR count). The minimum Gasteiger partial charge on any atom is -0.395 e. The number of hydrogen-bond acceptors (Lipinski definition) is 3. The van der Waals surface area contributed by atoms with Crippen molar-refractivity contribution in [1.82, 2.24) is 10.2 Å². The van der Waals surface area contributed by atoms with E-state index < -0.39 is 6.43 Å². The van der Waals surface area contributed by atoms with Crippen molar-refractivity contribution in [2.45, 2.75) is 57.9 Å². The predicted octanol–water partition coefficient (Wildman–Crippen LogP) is 2.49. The first-order valence-corrected chi connectivity index (χ1v) is 8.38. The summed E-state index contributed by atoms with van der Waals surface area (Å²) in [5, 5.41) is 12.8. The number of aliphatic hydroxyl groups excluding tert-OH is 1. The van der Waals surface area contributed by atoms with E-state index in [9.17, 15) is 8.78 Å². The molecule has 0 saturated heterocycles. The summed E-state index contributed by atoms with van der Waals surface area (Å²) in [5.74, 6) is 0.669. The molecule has 2 aliphatic carbocycles. The number of halogens is 2. The average molecular weight is 304 g/mol. The zero-order chi connectivity index (χ0) is 15.3. The van der Waals surface area contributed by atoms with Gasteiger partial charge in [-0.15, -0.1) is 0 Å². The van der Waals surface area contributed by atoms with Crippen LogP contribution < -0.4 is 5.32 Å². The Labute approximate surface area is 127 Å². The number of alkyl halides is 2. The van der Waals surface area contributed by atoms with Crippen LogP contribution >= 0.6 is 0 Å². The van der Waals surface area contributed by atoms with Gasteiger partial charge in [-0.25, -0.2) is 8.78 Å². The van der Waals surface area contributed by atoms with Crippen LogP contribution in [0.2, 0.25) is 0 Å². The van der Waals surface area contributed by atoms with Gasteiger partial charge in [0, 0.05) is 25.7 Å². The van der Waals surface area contributed by atoms with Crippen molar-refractivity contribution in [1.29, 1.82) is 0 Å². The summed E-state index contributed by atoms with van der Waals surface area (Å²) < 4.78 is 25.5. The second-order valence-corrected chi connectivity index (χ2v) is 7.21. The lowest BCUT2D eigenvalue weighted by Gasteiger charge is -2.43. The molecule has 2 aliphatic rings. The van der Waals surface area contributed by atoms with Gasteiger partial charge in [-0.1, -0.05) is 19.8 Å². The fourth-order valence-corrected chi connectivity index (χ4v) is 3.82. The number of hydrogen-bond donors (Lipinski definition) is 2. The van der Waals surface area contributed by atoms with Crippen LogP contribution in [0.25, 0.3) is 0 Å². The molecule has 0 aliphatic heterocycles. The SMILES string of the molecule is CC1CCCC(CNC2CC2)(CN(CCO)CC(F)F)C1. The highest BCUT2D eigenvalue weighted by Gasteiger charge is 2.38. The Hall–Kier alpha value is -0.260. The van der Waals surface area contributed by atoms with Gasteiger partial charge in [-0.2, -0.15) is 0 Å². The van der Waals surface area contributed by atoms with Gasteiger partial charge >= 0.3 is 0 Å². The Morgan fingerprint density at radius 2 is 2.10 bits per heavy atom. The Kier molecular flexibility index (Phi) is 6.38. The molecule has 2 saturated carbocycles. The van der Waals surface area contributed by atoms with E-state index >= 15 is 0 Å². The number of aliphatic hydroxyl groups is 1. The molecule has 21 heavy (non-hydrogen) atoms. The second-order valence-electron chi connectivity index (χ2n) is 7.21. The maximum absolute atomic E-state index is 12.7. The van der Waals surface area contributed by atoms with Crippen LogP contribution in [0.4, 0.5) is 8.78 Å². The van der Waals surface area contributed by atoms with Crippen molar-refractivity contribution >= 4 is 0 Å². The van der Waals surface area contributed by atoms with E-state index in [0.717, 1.165) is 19.4 Å². The Balaban J connectivity index is 1.97. The first-order valence-electron chi connectivity index (χ1n) is 8.38. The van der Waals surface area contributed by atoms with Crippen molar-refractivity contribution in [3.63, 3.8) is 0 Å². The highest BCUT2D eigenvalue weighted by molar-refractivity contribution is 4.93. The van der Waals surface area contributed by atoms with Crippen LogP contribution in [0.15, 0.2) is 0 Å². The van der Waals surface area contributed by atoms with Crippen LogP contribution in [-0.2, 0) is 0 Å². The van der Waals surface area contributed by atoms with Crippen LogP contribution in [0.5, 0.6) is 0 Å². The molecule has 2 unspecified atom stereocenters. The summed E-state index contributed by atoms with van der Waals surface area (Å²) in [7, 11) is 0. The molecule has 0 spiro atoms. The van der Waals surface area contributed by atoms with Gasteiger partial charge in [0.25, 0.3) is 6.43 Å². The molecule has 3 nitrogen and oxygen atoms in total. The summed E-state index contributed by atoms with van der Waals surface area (Å²) in [6.45, 7) is 3.97. The van der Waals surface area contributed by atoms with E-state index in [-0.39, 0.29) is 18.6 Å². The van der Waals surface area contributed by atoms with E-state index in [1.165, 1.54) is 25.7 Å². The minimum atomic E-state index is -2.33. The normalized spacial score (nSPS) is 30.3. The van der Waals surface area contributed by atoms with Gasteiger partial charge in [0.1, 0.15) is 0 Å². The Bertz CT molecular complexity index is 313. The minimum absolute atomic E-state index is 0.0472. The molecule has 0 bridgehead atoms. The molecule has 124 valence electrons. The molecule has 0 aromatic carbocycles. The highest BCUT2D eigenvalue weighted by atomic mass is 19.3. The summed E-state index contributed by atoms with van der Waals surface area (Å²) in [6.07, 6.45) is 4.84. The zero-order valence-corrected chi connectivity index (χ0v) is 13.2. The monoisotopic (exact) mass is 304 g/mol. The molecular formula is C16H30F2N2O. The zero-order valence-electron chi connectivity index (χ0n) is 13.2. The Morgan fingerprint density at radius 3 is 2.67 bits per heavy atom. The van der Waals surface area contributed by atoms with Gasteiger partial charge in [-0.3, -0.25) is 4.90 Å². The topological polar surface area (TPSA) is 35.5 Å². The summed E-state index contributed by atoms with van der Waals surface area (Å²) in [4.78, 5) is 1.76. The molecule has 2 atom stereocenters. The molecule has 0 aromatic rings. The molecular weight excluding hydrogens is 274 g/mol. The van der Waals surface area contributed by atoms with Crippen molar-refractivity contribution in [2.75, 3.05) is 32.8 Å². The van der Waals surface area contributed by atoms with Crippen LogP contribution in [0.1, 0.15) is 45.4 Å². The second kappa shape index (κ2) is 7.84. The van der Waals surface area contributed by atoms with Crippen molar-refractivity contribution in [3.8, 4) is 0 Å². The number of nitrogens with zero attached hydrogens (tertiary/aromatic N) is 1. The van der Waals surface area contributed by atoms with Gasteiger partial charge in [-0.05, 0) is 37.0 Å².